The van der Waals surface area contributed by atoms with Gasteiger partial charge in [0.1, 0.15) is 6.21 Å². The molecule has 0 unspecified atom stereocenters. The summed E-state index contributed by atoms with van der Waals surface area (Å²) in [6, 6.07) is 0. The monoisotopic (exact) mass is 132 g/mol. The molecule has 0 rings (SSSR count). The third-order valence-corrected chi connectivity index (χ3v) is 0.123. The Kier molecular flexibility index (Phi) is 7.76. The lowest BCUT2D eigenvalue weighted by atomic mass is 10.8. The molecule has 0 spiro atoms. The van der Waals surface area contributed by atoms with Gasteiger partial charge in [-0.3, -0.25) is 4.79 Å². The van der Waals surface area contributed by atoms with E-state index in [1.807, 2.05) is 0 Å². The summed E-state index contributed by atoms with van der Waals surface area (Å²) in [5, 5.41) is 13.4. The van der Waals surface area contributed by atoms with Gasteiger partial charge in [0.2, 0.25) is 5.91 Å². The first-order valence-electron chi connectivity index (χ1n) is 2.00. The fourth-order valence-corrected chi connectivity index (χ4v) is 0. The van der Waals surface area contributed by atoms with E-state index in [-0.39, 0.29) is 5.91 Å². The first kappa shape index (κ1) is 10.6. The fraction of sp³-hybridized carbons (Fsp3) is 0.250. The summed E-state index contributed by atoms with van der Waals surface area (Å²) in [4.78, 5) is 18.3. The average molecular weight is 132 g/mol. The lowest BCUT2D eigenvalue weighted by Crippen LogP contribution is -2.01. The van der Waals surface area contributed by atoms with E-state index in [9.17, 15) is 4.79 Å². The quantitative estimate of drug-likeness (QED) is 0.407. The van der Waals surface area contributed by atoms with Gasteiger partial charge < -0.3 is 16.2 Å². The van der Waals surface area contributed by atoms with Crippen molar-refractivity contribution in [3.8, 4) is 0 Å². The number of hydrogen-bond acceptors (Lipinski definition) is 3. The number of carboxylic acids is 1. The Balaban J connectivity index is 0. The summed E-state index contributed by atoms with van der Waals surface area (Å²) in [5.41, 5.74) is 4.47. The minimum Gasteiger partial charge on any atom is -0.477 e. The number of primary amides is 1. The van der Waals surface area contributed by atoms with Crippen LogP contribution in [-0.4, -0.2) is 23.2 Å². The van der Waals surface area contributed by atoms with Crippen molar-refractivity contribution >= 4 is 18.1 Å². The van der Waals surface area contributed by atoms with Gasteiger partial charge in [0, 0.05) is 6.92 Å². The van der Waals surface area contributed by atoms with Gasteiger partial charge in [-0.1, -0.05) is 0 Å². The Labute approximate surface area is 52.0 Å². The number of carbonyl (C=O) groups is 2. The van der Waals surface area contributed by atoms with Gasteiger partial charge in [0.05, 0.1) is 0 Å². The molecule has 0 saturated heterocycles. The predicted octanol–water partition coefficient (Wildman–Crippen LogP) is -0.788. The Morgan fingerprint density at radius 3 is 1.78 bits per heavy atom. The van der Waals surface area contributed by atoms with Crippen LogP contribution in [0.3, 0.4) is 0 Å². The molecule has 0 aliphatic carbocycles. The van der Waals surface area contributed by atoms with Crippen molar-refractivity contribution in [2.75, 3.05) is 0 Å². The molecular formula is C4H8N2O3. The third kappa shape index (κ3) is 378. The predicted molar refractivity (Wildman–Crippen MR) is 31.3 cm³/mol. The van der Waals surface area contributed by atoms with Crippen LogP contribution in [0.2, 0.25) is 0 Å². The second-order valence-corrected chi connectivity index (χ2v) is 1.09. The van der Waals surface area contributed by atoms with Crippen molar-refractivity contribution in [1.29, 1.82) is 5.41 Å². The van der Waals surface area contributed by atoms with E-state index in [1.165, 1.54) is 6.92 Å². The Morgan fingerprint density at radius 2 is 1.78 bits per heavy atom. The molecule has 0 aliphatic heterocycles. The third-order valence-electron chi connectivity index (χ3n) is 0.123. The lowest BCUT2D eigenvalue weighted by Gasteiger charge is -1.63. The first-order valence-corrected chi connectivity index (χ1v) is 2.00. The fourth-order valence-electron chi connectivity index (χ4n) is 0. The van der Waals surface area contributed by atoms with Crippen molar-refractivity contribution in [2.24, 2.45) is 5.73 Å². The minimum absolute atomic E-state index is 0.333. The number of nitrogens with two attached hydrogens (primary N) is 1. The average Bonchev–Trinajstić information content (AvgIpc) is 1.65. The molecule has 0 heterocycles. The van der Waals surface area contributed by atoms with Crippen LogP contribution in [-0.2, 0) is 9.59 Å². The molecule has 0 aromatic rings. The summed E-state index contributed by atoms with van der Waals surface area (Å²) < 4.78 is 0. The standard InChI is InChI=1S/C2H3NO2.C2H5NO/c3-1-2(4)5;1-2(3)4/h1,3H,(H,4,5);1H3,(H2,3,4). The van der Waals surface area contributed by atoms with Crippen molar-refractivity contribution in [3.63, 3.8) is 0 Å². The molecule has 0 aliphatic rings. The molecule has 4 N–H and O–H groups in total. The highest BCUT2D eigenvalue weighted by atomic mass is 16.4. The first-order chi connectivity index (χ1) is 4.00. The van der Waals surface area contributed by atoms with Crippen LogP contribution in [0.15, 0.2) is 0 Å². The van der Waals surface area contributed by atoms with Crippen LogP contribution in [0, 0.1) is 5.41 Å². The molecule has 0 fully saturated rings. The maximum absolute atomic E-state index is 9.22. The molecule has 0 saturated carbocycles. The number of nitrogens with one attached hydrogen (secondary N) is 1. The van der Waals surface area contributed by atoms with E-state index in [0.717, 1.165) is 0 Å². The van der Waals surface area contributed by atoms with Gasteiger partial charge in [-0.2, -0.15) is 0 Å². The largest absolute Gasteiger partial charge is 0.477 e. The van der Waals surface area contributed by atoms with E-state index < -0.39 is 5.97 Å². The minimum atomic E-state index is -1.20. The smallest absolute Gasteiger partial charge is 0.346 e. The summed E-state index contributed by atoms with van der Waals surface area (Å²) >= 11 is 0. The second kappa shape index (κ2) is 6.61. The summed E-state index contributed by atoms with van der Waals surface area (Å²) in [7, 11) is 0. The molecule has 0 radical (unpaired) electrons. The number of carbonyl (C=O) groups excluding carboxylic acids is 1. The summed E-state index contributed by atoms with van der Waals surface area (Å²) in [6.07, 6.45) is 0.333. The van der Waals surface area contributed by atoms with Gasteiger partial charge >= 0.3 is 5.97 Å². The second-order valence-electron chi connectivity index (χ2n) is 1.09. The molecule has 9 heavy (non-hydrogen) atoms. The van der Waals surface area contributed by atoms with Crippen LogP contribution in [0.1, 0.15) is 6.92 Å². The van der Waals surface area contributed by atoms with Gasteiger partial charge in [-0.15, -0.1) is 0 Å². The van der Waals surface area contributed by atoms with Crippen LogP contribution in [0.25, 0.3) is 0 Å². The van der Waals surface area contributed by atoms with Gasteiger partial charge in [0.25, 0.3) is 0 Å². The highest BCUT2D eigenvalue weighted by molar-refractivity contribution is 6.20. The van der Waals surface area contributed by atoms with Gasteiger partial charge in [-0.05, 0) is 0 Å². The lowest BCUT2D eigenvalue weighted by molar-refractivity contribution is -0.128. The molecule has 0 atom stereocenters. The molecular weight excluding hydrogens is 124 g/mol. The number of rotatable bonds is 1. The maximum Gasteiger partial charge on any atom is 0.346 e. The number of hydrogen-bond donors (Lipinski definition) is 3. The van der Waals surface area contributed by atoms with E-state index in [4.69, 9.17) is 15.3 Å². The van der Waals surface area contributed by atoms with E-state index in [2.05, 4.69) is 5.73 Å². The zero-order valence-electron chi connectivity index (χ0n) is 4.92. The maximum atomic E-state index is 9.22. The molecule has 0 aromatic heterocycles. The van der Waals surface area contributed by atoms with Crippen molar-refractivity contribution in [3.05, 3.63) is 0 Å². The topological polar surface area (TPSA) is 104 Å². The Bertz CT molecular complexity index is 117. The normalized spacial score (nSPS) is 6.33. The Morgan fingerprint density at radius 1 is 1.67 bits per heavy atom. The summed E-state index contributed by atoms with van der Waals surface area (Å²) in [6.45, 7) is 1.31. The van der Waals surface area contributed by atoms with Crippen LogP contribution < -0.4 is 5.73 Å². The van der Waals surface area contributed by atoms with Crippen LogP contribution >= 0.6 is 0 Å². The number of amides is 1. The van der Waals surface area contributed by atoms with E-state index in [1.54, 1.807) is 0 Å². The van der Waals surface area contributed by atoms with Crippen LogP contribution in [0.4, 0.5) is 0 Å². The van der Waals surface area contributed by atoms with E-state index in [0.29, 0.717) is 6.21 Å². The van der Waals surface area contributed by atoms with Crippen molar-refractivity contribution in [1.82, 2.24) is 0 Å². The highest BCUT2D eigenvalue weighted by Gasteiger charge is 1.76. The Hall–Kier alpha value is -1.39. The van der Waals surface area contributed by atoms with Crippen LogP contribution in [0.5, 0.6) is 0 Å². The molecule has 0 bridgehead atoms. The van der Waals surface area contributed by atoms with Crippen molar-refractivity contribution in [2.45, 2.75) is 6.92 Å². The zero-order chi connectivity index (χ0) is 7.86. The summed E-state index contributed by atoms with van der Waals surface area (Å²) in [5.74, 6) is -1.54. The molecule has 0 aromatic carbocycles. The zero-order valence-corrected chi connectivity index (χ0v) is 4.92. The number of aliphatic carboxylic acids is 1. The SMILES string of the molecule is CC(N)=O.N=CC(=O)O. The molecule has 5 nitrogen and oxygen atoms in total. The van der Waals surface area contributed by atoms with Crippen molar-refractivity contribution < 1.29 is 14.7 Å². The molecule has 1 amide bonds. The molecule has 52 valence electrons. The van der Waals surface area contributed by atoms with Gasteiger partial charge in [0.15, 0.2) is 0 Å². The van der Waals surface area contributed by atoms with E-state index >= 15 is 0 Å². The number of carboxylic acid groups (broad SMARTS) is 1. The highest BCUT2D eigenvalue weighted by Crippen LogP contribution is 1.40. The molecule has 5 heteroatoms. The van der Waals surface area contributed by atoms with Gasteiger partial charge in [-0.25, -0.2) is 4.79 Å².